The molecule has 1 N–H and O–H groups in total. The minimum absolute atomic E-state index is 0.238. The van der Waals surface area contributed by atoms with Crippen molar-refractivity contribution in [1.82, 2.24) is 9.78 Å². The van der Waals surface area contributed by atoms with E-state index in [1.54, 1.807) is 18.3 Å². The Morgan fingerprint density at radius 1 is 1.19 bits per heavy atom. The van der Waals surface area contributed by atoms with E-state index in [1.165, 1.54) is 12.1 Å². The molecule has 1 heterocycles. The largest absolute Gasteiger partial charge is 0.490 e. The number of rotatable bonds is 8. The van der Waals surface area contributed by atoms with Crippen LogP contribution in [-0.2, 0) is 6.54 Å². The molecule has 0 bridgehead atoms. The molecule has 6 nitrogen and oxygen atoms in total. The van der Waals surface area contributed by atoms with Crippen LogP contribution in [0.1, 0.15) is 23.7 Å². The SMILES string of the molecule is CCCn1cc(OCCOc2ccc(C(=O)O)cc2)cn1. The van der Waals surface area contributed by atoms with Gasteiger partial charge in [-0.2, -0.15) is 5.10 Å². The van der Waals surface area contributed by atoms with Gasteiger partial charge in [-0.3, -0.25) is 4.68 Å². The number of nitrogens with zero attached hydrogens (tertiary/aromatic N) is 2. The highest BCUT2D eigenvalue weighted by Crippen LogP contribution is 2.13. The highest BCUT2D eigenvalue weighted by atomic mass is 16.5. The van der Waals surface area contributed by atoms with Gasteiger partial charge in [0.2, 0.25) is 0 Å². The monoisotopic (exact) mass is 290 g/mol. The number of hydrogen-bond donors (Lipinski definition) is 1. The average Bonchev–Trinajstić information content (AvgIpc) is 2.92. The lowest BCUT2D eigenvalue weighted by Gasteiger charge is -2.07. The van der Waals surface area contributed by atoms with Gasteiger partial charge in [0.25, 0.3) is 0 Å². The lowest BCUT2D eigenvalue weighted by molar-refractivity contribution is 0.0697. The highest BCUT2D eigenvalue weighted by molar-refractivity contribution is 5.87. The Balaban J connectivity index is 1.72. The smallest absolute Gasteiger partial charge is 0.335 e. The maximum atomic E-state index is 10.7. The van der Waals surface area contributed by atoms with E-state index in [9.17, 15) is 4.79 Å². The van der Waals surface area contributed by atoms with Crippen molar-refractivity contribution in [2.45, 2.75) is 19.9 Å². The van der Waals surface area contributed by atoms with Crippen molar-refractivity contribution in [3.05, 3.63) is 42.2 Å². The Bertz CT molecular complexity index is 578. The van der Waals surface area contributed by atoms with Gasteiger partial charge in [-0.05, 0) is 30.7 Å². The Morgan fingerprint density at radius 3 is 2.48 bits per heavy atom. The third-order valence-electron chi connectivity index (χ3n) is 2.78. The van der Waals surface area contributed by atoms with E-state index in [2.05, 4.69) is 12.0 Å². The summed E-state index contributed by atoms with van der Waals surface area (Å²) in [7, 11) is 0. The zero-order chi connectivity index (χ0) is 15.1. The highest BCUT2D eigenvalue weighted by Gasteiger charge is 2.02. The lowest BCUT2D eigenvalue weighted by atomic mass is 10.2. The topological polar surface area (TPSA) is 73.6 Å². The summed E-state index contributed by atoms with van der Waals surface area (Å²) in [6.45, 7) is 3.74. The third-order valence-corrected chi connectivity index (χ3v) is 2.78. The number of carbonyl (C=O) groups is 1. The number of aromatic carboxylic acids is 1. The van der Waals surface area contributed by atoms with Crippen molar-refractivity contribution in [3.8, 4) is 11.5 Å². The van der Waals surface area contributed by atoms with E-state index in [0.29, 0.717) is 24.7 Å². The molecule has 1 aromatic carbocycles. The fourth-order valence-electron chi connectivity index (χ4n) is 1.78. The molecule has 0 spiro atoms. The zero-order valence-electron chi connectivity index (χ0n) is 11.9. The molecule has 2 aromatic rings. The number of hydrogen-bond acceptors (Lipinski definition) is 4. The van der Waals surface area contributed by atoms with Gasteiger partial charge >= 0.3 is 5.97 Å². The van der Waals surface area contributed by atoms with Crippen LogP contribution in [0.3, 0.4) is 0 Å². The van der Waals surface area contributed by atoms with Crippen molar-refractivity contribution in [2.75, 3.05) is 13.2 Å². The van der Waals surface area contributed by atoms with Gasteiger partial charge in [-0.1, -0.05) is 6.92 Å². The van der Waals surface area contributed by atoms with Crippen molar-refractivity contribution in [3.63, 3.8) is 0 Å². The Labute approximate surface area is 122 Å². The van der Waals surface area contributed by atoms with Crippen LogP contribution in [-0.4, -0.2) is 34.1 Å². The van der Waals surface area contributed by atoms with Gasteiger partial charge in [-0.25, -0.2) is 4.79 Å². The molecule has 6 heteroatoms. The van der Waals surface area contributed by atoms with Crippen LogP contribution in [0.15, 0.2) is 36.7 Å². The van der Waals surface area contributed by atoms with E-state index in [0.717, 1.165) is 13.0 Å². The molecule has 0 saturated heterocycles. The Morgan fingerprint density at radius 2 is 1.86 bits per heavy atom. The fourth-order valence-corrected chi connectivity index (χ4v) is 1.78. The second kappa shape index (κ2) is 7.33. The molecule has 0 radical (unpaired) electrons. The van der Waals surface area contributed by atoms with Crippen LogP contribution >= 0.6 is 0 Å². The molecule has 112 valence electrons. The van der Waals surface area contributed by atoms with E-state index >= 15 is 0 Å². The molecule has 0 saturated carbocycles. The Hall–Kier alpha value is -2.50. The third kappa shape index (κ3) is 4.52. The minimum Gasteiger partial charge on any atom is -0.490 e. The predicted molar refractivity (Wildman–Crippen MR) is 76.9 cm³/mol. The van der Waals surface area contributed by atoms with Crippen molar-refractivity contribution >= 4 is 5.97 Å². The van der Waals surface area contributed by atoms with E-state index in [-0.39, 0.29) is 5.56 Å². The second-order valence-corrected chi connectivity index (χ2v) is 4.47. The molecule has 0 atom stereocenters. The summed E-state index contributed by atoms with van der Waals surface area (Å²) in [6.07, 6.45) is 4.55. The van der Waals surface area contributed by atoms with Crippen LogP contribution in [0, 0.1) is 0 Å². The van der Waals surface area contributed by atoms with Crippen LogP contribution in [0.2, 0.25) is 0 Å². The summed E-state index contributed by atoms with van der Waals surface area (Å²) in [5.74, 6) is 0.382. The van der Waals surface area contributed by atoms with Gasteiger partial charge in [-0.15, -0.1) is 0 Å². The average molecular weight is 290 g/mol. The van der Waals surface area contributed by atoms with Gasteiger partial charge in [0, 0.05) is 6.54 Å². The summed E-state index contributed by atoms with van der Waals surface area (Å²) in [4.78, 5) is 10.7. The van der Waals surface area contributed by atoms with Gasteiger partial charge in [0.05, 0.1) is 18.0 Å². The van der Waals surface area contributed by atoms with Gasteiger partial charge < -0.3 is 14.6 Å². The van der Waals surface area contributed by atoms with Crippen molar-refractivity contribution in [1.29, 1.82) is 0 Å². The number of ether oxygens (including phenoxy) is 2. The summed E-state index contributed by atoms with van der Waals surface area (Å²) >= 11 is 0. The number of aromatic nitrogens is 2. The quantitative estimate of drug-likeness (QED) is 0.756. The maximum absolute atomic E-state index is 10.7. The van der Waals surface area contributed by atoms with E-state index < -0.39 is 5.97 Å². The van der Waals surface area contributed by atoms with Crippen LogP contribution in [0.5, 0.6) is 11.5 Å². The molecular weight excluding hydrogens is 272 g/mol. The number of carboxylic acid groups (broad SMARTS) is 1. The van der Waals surface area contributed by atoms with Crippen molar-refractivity contribution < 1.29 is 19.4 Å². The minimum atomic E-state index is -0.950. The van der Waals surface area contributed by atoms with Gasteiger partial charge in [0.1, 0.15) is 19.0 Å². The Kier molecular flexibility index (Phi) is 5.20. The first kappa shape index (κ1) is 14.9. The molecule has 0 aliphatic rings. The lowest BCUT2D eigenvalue weighted by Crippen LogP contribution is -2.08. The normalized spacial score (nSPS) is 10.3. The molecule has 21 heavy (non-hydrogen) atoms. The van der Waals surface area contributed by atoms with Crippen LogP contribution < -0.4 is 9.47 Å². The molecule has 0 aliphatic carbocycles. The molecule has 1 aromatic heterocycles. The van der Waals surface area contributed by atoms with E-state index in [4.69, 9.17) is 14.6 Å². The summed E-state index contributed by atoms with van der Waals surface area (Å²) in [5.41, 5.74) is 0.238. The summed E-state index contributed by atoms with van der Waals surface area (Å²) in [6, 6.07) is 6.27. The van der Waals surface area contributed by atoms with Crippen molar-refractivity contribution in [2.24, 2.45) is 0 Å². The number of carboxylic acids is 1. The second-order valence-electron chi connectivity index (χ2n) is 4.47. The predicted octanol–water partition coefficient (Wildman–Crippen LogP) is 2.45. The molecule has 0 amide bonds. The van der Waals surface area contributed by atoms with Gasteiger partial charge in [0.15, 0.2) is 5.75 Å². The molecule has 2 rings (SSSR count). The number of aryl methyl sites for hydroxylation is 1. The number of benzene rings is 1. The van der Waals surface area contributed by atoms with Crippen LogP contribution in [0.4, 0.5) is 0 Å². The summed E-state index contributed by atoms with van der Waals surface area (Å²) in [5, 5.41) is 13.0. The fraction of sp³-hybridized carbons (Fsp3) is 0.333. The van der Waals surface area contributed by atoms with E-state index in [1.807, 2.05) is 10.9 Å². The molecular formula is C15H18N2O4. The zero-order valence-corrected chi connectivity index (χ0v) is 11.9. The first-order valence-corrected chi connectivity index (χ1v) is 6.80. The first-order valence-electron chi connectivity index (χ1n) is 6.80. The molecule has 0 fully saturated rings. The standard InChI is InChI=1S/C15H18N2O4/c1-2-7-17-11-14(10-16-17)21-9-8-20-13-5-3-12(4-6-13)15(18)19/h3-6,10-11H,2,7-9H2,1H3,(H,18,19). The molecule has 0 aliphatic heterocycles. The van der Waals surface area contributed by atoms with Crippen LogP contribution in [0.25, 0.3) is 0 Å². The summed E-state index contributed by atoms with van der Waals surface area (Å²) < 4.78 is 12.8. The first-order chi connectivity index (χ1) is 10.2. The maximum Gasteiger partial charge on any atom is 0.335 e. The molecule has 0 unspecified atom stereocenters.